The third-order valence-corrected chi connectivity index (χ3v) is 2.29. The van der Waals surface area contributed by atoms with E-state index in [0.717, 1.165) is 11.3 Å². The summed E-state index contributed by atoms with van der Waals surface area (Å²) < 4.78 is 5.24. The summed E-state index contributed by atoms with van der Waals surface area (Å²) in [6.07, 6.45) is 0. The minimum atomic E-state index is -0.166. The lowest BCUT2D eigenvalue weighted by Gasteiger charge is -2.17. The molecule has 1 aromatic rings. The Kier molecular flexibility index (Phi) is 4.64. The fraction of sp³-hybridized carbons (Fsp3) is 0.417. The molecule has 16 heavy (non-hydrogen) atoms. The molecule has 0 heterocycles. The molecule has 0 aliphatic heterocycles. The number of carbonyl (C=O) groups excluding carboxylic acids is 1. The number of benzene rings is 1. The number of rotatable bonds is 4. The van der Waals surface area contributed by atoms with Gasteiger partial charge in [0.05, 0.1) is 13.2 Å². The highest BCUT2D eigenvalue weighted by Gasteiger charge is 2.12. The van der Waals surface area contributed by atoms with Crippen molar-refractivity contribution in [2.24, 2.45) is 0 Å². The molecule has 0 saturated heterocycles. The Morgan fingerprint density at radius 1 is 1.44 bits per heavy atom. The number of amides is 2. The van der Waals surface area contributed by atoms with Crippen LogP contribution >= 0.6 is 0 Å². The van der Waals surface area contributed by atoms with Crippen molar-refractivity contribution in [3.8, 4) is 5.75 Å². The molecular weight excluding hydrogens is 204 g/mol. The van der Waals surface area contributed by atoms with Crippen molar-refractivity contribution in [3.63, 3.8) is 0 Å². The second-order valence-corrected chi connectivity index (χ2v) is 3.47. The van der Waals surface area contributed by atoms with Gasteiger partial charge in [-0.05, 0) is 19.9 Å². The van der Waals surface area contributed by atoms with Crippen LogP contribution in [0.5, 0.6) is 5.75 Å². The molecule has 0 radical (unpaired) electrons. The van der Waals surface area contributed by atoms with Crippen molar-refractivity contribution >= 4 is 6.03 Å². The molecule has 4 nitrogen and oxygen atoms in total. The second-order valence-electron chi connectivity index (χ2n) is 3.47. The highest BCUT2D eigenvalue weighted by atomic mass is 16.5. The molecule has 0 fully saturated rings. The Labute approximate surface area is 96.0 Å². The number of hydrogen-bond donors (Lipinski definition) is 2. The molecule has 2 N–H and O–H groups in total. The van der Waals surface area contributed by atoms with Crippen LogP contribution in [0, 0.1) is 0 Å². The Morgan fingerprint density at radius 2 is 2.12 bits per heavy atom. The molecular formula is C12H18N2O2. The number of nitrogens with one attached hydrogen (secondary N) is 2. The van der Waals surface area contributed by atoms with Crippen molar-refractivity contribution in [3.05, 3.63) is 29.8 Å². The van der Waals surface area contributed by atoms with E-state index >= 15 is 0 Å². The van der Waals surface area contributed by atoms with E-state index in [-0.39, 0.29) is 12.1 Å². The lowest BCUT2D eigenvalue weighted by Crippen LogP contribution is -2.36. The number of carbonyl (C=O) groups is 1. The van der Waals surface area contributed by atoms with Gasteiger partial charge < -0.3 is 15.4 Å². The van der Waals surface area contributed by atoms with E-state index in [0.29, 0.717) is 6.54 Å². The average Bonchev–Trinajstić information content (AvgIpc) is 2.29. The third-order valence-electron chi connectivity index (χ3n) is 2.29. The van der Waals surface area contributed by atoms with E-state index in [9.17, 15) is 4.79 Å². The van der Waals surface area contributed by atoms with E-state index in [4.69, 9.17) is 4.74 Å². The van der Waals surface area contributed by atoms with Crippen LogP contribution in [-0.2, 0) is 0 Å². The first-order valence-electron chi connectivity index (χ1n) is 5.36. The topological polar surface area (TPSA) is 50.4 Å². The molecule has 2 amide bonds. The van der Waals surface area contributed by atoms with Gasteiger partial charge in [0, 0.05) is 12.1 Å². The predicted octanol–water partition coefficient (Wildman–Crippen LogP) is 2.08. The molecule has 0 saturated carbocycles. The molecule has 0 spiro atoms. The van der Waals surface area contributed by atoms with Crippen LogP contribution in [0.3, 0.4) is 0 Å². The van der Waals surface area contributed by atoms with Gasteiger partial charge in [0.25, 0.3) is 0 Å². The average molecular weight is 222 g/mol. The summed E-state index contributed by atoms with van der Waals surface area (Å²) in [6, 6.07) is 7.40. The predicted molar refractivity (Wildman–Crippen MR) is 63.6 cm³/mol. The second kappa shape index (κ2) is 6.00. The Morgan fingerprint density at radius 3 is 2.75 bits per heavy atom. The first kappa shape index (κ1) is 12.4. The fourth-order valence-corrected chi connectivity index (χ4v) is 1.51. The van der Waals surface area contributed by atoms with Gasteiger partial charge in [-0.15, -0.1) is 0 Å². The molecule has 0 unspecified atom stereocenters. The number of hydrogen-bond acceptors (Lipinski definition) is 2. The summed E-state index contributed by atoms with van der Waals surface area (Å²) in [5, 5.41) is 5.53. The summed E-state index contributed by atoms with van der Waals surface area (Å²) in [6.45, 7) is 4.42. The summed E-state index contributed by atoms with van der Waals surface area (Å²) in [4.78, 5) is 11.4. The van der Waals surface area contributed by atoms with Crippen molar-refractivity contribution in [2.75, 3.05) is 13.7 Å². The van der Waals surface area contributed by atoms with E-state index < -0.39 is 0 Å². The molecule has 0 aromatic heterocycles. The molecule has 1 rings (SSSR count). The smallest absolute Gasteiger partial charge is 0.315 e. The van der Waals surface area contributed by atoms with Gasteiger partial charge in [-0.2, -0.15) is 0 Å². The van der Waals surface area contributed by atoms with Crippen LogP contribution in [0.4, 0.5) is 4.79 Å². The molecule has 0 bridgehead atoms. The van der Waals surface area contributed by atoms with E-state index in [2.05, 4.69) is 10.6 Å². The molecule has 4 heteroatoms. The summed E-state index contributed by atoms with van der Waals surface area (Å²) in [5.74, 6) is 0.784. The maximum absolute atomic E-state index is 11.4. The highest BCUT2D eigenvalue weighted by Crippen LogP contribution is 2.23. The number of ether oxygens (including phenoxy) is 1. The Balaban J connectivity index is 2.72. The molecule has 88 valence electrons. The maximum atomic E-state index is 11.4. The third kappa shape index (κ3) is 3.15. The maximum Gasteiger partial charge on any atom is 0.315 e. The monoisotopic (exact) mass is 222 g/mol. The van der Waals surface area contributed by atoms with Crippen LogP contribution in [0.1, 0.15) is 25.5 Å². The van der Waals surface area contributed by atoms with Crippen LogP contribution in [0.2, 0.25) is 0 Å². The number of para-hydroxylation sites is 1. The van der Waals surface area contributed by atoms with Crippen LogP contribution in [0.25, 0.3) is 0 Å². The van der Waals surface area contributed by atoms with Crippen molar-refractivity contribution in [1.82, 2.24) is 10.6 Å². The van der Waals surface area contributed by atoms with Crippen molar-refractivity contribution in [1.29, 1.82) is 0 Å². The molecule has 0 aliphatic rings. The van der Waals surface area contributed by atoms with Crippen LogP contribution in [-0.4, -0.2) is 19.7 Å². The SMILES string of the molecule is CCNC(=O)N[C@@H](C)c1ccccc1OC. The van der Waals surface area contributed by atoms with E-state index in [1.54, 1.807) is 7.11 Å². The zero-order valence-corrected chi connectivity index (χ0v) is 9.91. The van der Waals surface area contributed by atoms with E-state index in [1.807, 2.05) is 38.1 Å². The van der Waals surface area contributed by atoms with Crippen molar-refractivity contribution in [2.45, 2.75) is 19.9 Å². The first-order chi connectivity index (χ1) is 7.69. The normalized spacial score (nSPS) is 11.7. The lowest BCUT2D eigenvalue weighted by molar-refractivity contribution is 0.238. The molecule has 1 atom stereocenters. The summed E-state index contributed by atoms with van der Waals surface area (Å²) in [7, 11) is 1.62. The quantitative estimate of drug-likeness (QED) is 0.819. The van der Waals surface area contributed by atoms with Gasteiger partial charge in [0.15, 0.2) is 0 Å². The number of methoxy groups -OCH3 is 1. The van der Waals surface area contributed by atoms with Gasteiger partial charge in [-0.1, -0.05) is 18.2 Å². The standard InChI is InChI=1S/C12H18N2O2/c1-4-13-12(15)14-9(2)10-7-5-6-8-11(10)16-3/h5-9H,4H2,1-3H3,(H2,13,14,15)/t9-/m0/s1. The highest BCUT2D eigenvalue weighted by molar-refractivity contribution is 5.74. The molecule has 1 aromatic carbocycles. The summed E-state index contributed by atoms with van der Waals surface area (Å²) >= 11 is 0. The summed E-state index contributed by atoms with van der Waals surface area (Å²) in [5.41, 5.74) is 0.969. The Hall–Kier alpha value is -1.71. The number of urea groups is 1. The lowest BCUT2D eigenvalue weighted by atomic mass is 10.1. The zero-order chi connectivity index (χ0) is 12.0. The van der Waals surface area contributed by atoms with Gasteiger partial charge in [0.2, 0.25) is 0 Å². The zero-order valence-electron chi connectivity index (χ0n) is 9.91. The van der Waals surface area contributed by atoms with Gasteiger partial charge >= 0.3 is 6.03 Å². The Bertz CT molecular complexity index is 353. The minimum absolute atomic E-state index is 0.0808. The van der Waals surface area contributed by atoms with Crippen LogP contribution in [0.15, 0.2) is 24.3 Å². The van der Waals surface area contributed by atoms with Gasteiger partial charge in [-0.25, -0.2) is 4.79 Å². The van der Waals surface area contributed by atoms with E-state index in [1.165, 1.54) is 0 Å². The first-order valence-corrected chi connectivity index (χ1v) is 5.36. The van der Waals surface area contributed by atoms with Gasteiger partial charge in [-0.3, -0.25) is 0 Å². The van der Waals surface area contributed by atoms with Crippen LogP contribution < -0.4 is 15.4 Å². The largest absolute Gasteiger partial charge is 0.496 e. The minimum Gasteiger partial charge on any atom is -0.496 e. The molecule has 0 aliphatic carbocycles. The fourth-order valence-electron chi connectivity index (χ4n) is 1.51. The van der Waals surface area contributed by atoms with Crippen molar-refractivity contribution < 1.29 is 9.53 Å². The van der Waals surface area contributed by atoms with Gasteiger partial charge in [0.1, 0.15) is 5.75 Å².